The van der Waals surface area contributed by atoms with E-state index < -0.39 is 0 Å². The lowest BCUT2D eigenvalue weighted by Gasteiger charge is -2.30. The molecule has 0 aliphatic rings. The Morgan fingerprint density at radius 2 is 0.616 bits per heavy atom. The van der Waals surface area contributed by atoms with Crippen LogP contribution in [-0.4, -0.2) is 8.80 Å². The number of nitrogens with zero attached hydrogens (tertiary/aromatic N) is 4. The highest BCUT2D eigenvalue weighted by Gasteiger charge is 2.32. The molecule has 0 unspecified atom stereocenters. The van der Waals surface area contributed by atoms with Crippen LogP contribution >= 0.6 is 0 Å². The molecule has 0 saturated carbocycles. The van der Waals surface area contributed by atoms with Gasteiger partial charge in [0.25, 0.3) is 0 Å². The molecule has 0 aliphatic carbocycles. The maximum atomic E-state index is 2.61. The summed E-state index contributed by atoms with van der Waals surface area (Å²) in [6.07, 6.45) is 0. The Kier molecular flexibility index (Phi) is 11.8. The minimum absolute atomic E-state index is 0.0562. The Labute approximate surface area is 505 Å². The summed E-state index contributed by atoms with van der Waals surface area (Å²) in [6, 6.07) is 87.5. The van der Waals surface area contributed by atoms with Gasteiger partial charge in [0.2, 0.25) is 0 Å². The molecule has 15 aromatic rings. The topological polar surface area (TPSA) is 15.3 Å². The van der Waals surface area contributed by atoms with E-state index in [2.05, 4.69) is 332 Å². The molecule has 0 bridgehead atoms. The molecule has 4 heterocycles. The second-order valence-corrected chi connectivity index (χ2v) is 28.3. The summed E-state index contributed by atoms with van der Waals surface area (Å²) in [4.78, 5) is 5.10. The zero-order chi connectivity index (χ0) is 59.3. The van der Waals surface area contributed by atoms with Crippen LogP contribution in [0.4, 0.5) is 34.1 Å². The molecule has 4 nitrogen and oxygen atoms in total. The van der Waals surface area contributed by atoms with E-state index in [0.717, 1.165) is 34.1 Å². The number of rotatable bonds is 8. The molecule has 422 valence electrons. The van der Waals surface area contributed by atoms with E-state index in [4.69, 9.17) is 0 Å². The van der Waals surface area contributed by atoms with Gasteiger partial charge < -0.3 is 18.6 Å². The highest BCUT2D eigenvalue weighted by atomic mass is 15.2. The smallest absolute Gasteiger partial charge is 0.0641 e. The SMILES string of the molecule is CC(C)(C)c1cccc(N(c2ccccc2-c2ccccc2)c2ccc3c4cc5c(cc4n4c6ccc(C(C)(C)C)cc6c2c34)c2ccc(N(c3cccc(C(C)(C)C)c3)c3ccccc3-c3ccccc3)c3c4cc(C(C)(C)C)ccc4n5c23)c1. The van der Waals surface area contributed by atoms with Crippen LogP contribution in [0.15, 0.2) is 231 Å². The summed E-state index contributed by atoms with van der Waals surface area (Å²) in [7, 11) is 0. The van der Waals surface area contributed by atoms with Crippen molar-refractivity contribution in [2.45, 2.75) is 105 Å². The van der Waals surface area contributed by atoms with Crippen LogP contribution in [0, 0.1) is 0 Å². The van der Waals surface area contributed by atoms with E-state index in [1.165, 1.54) is 121 Å². The lowest BCUT2D eigenvalue weighted by Crippen LogP contribution is -2.15. The van der Waals surface area contributed by atoms with Gasteiger partial charge >= 0.3 is 0 Å². The zero-order valence-electron chi connectivity index (χ0n) is 51.7. The van der Waals surface area contributed by atoms with E-state index >= 15 is 0 Å². The van der Waals surface area contributed by atoms with Crippen molar-refractivity contribution in [2.24, 2.45) is 0 Å². The monoisotopic (exact) mass is 1110 g/mol. The standard InChI is InChI=1S/C82H74N4/c1-79(2,3)53-29-23-31-57(45-53)83(67-35-21-19-33-59(67)51-25-15-13-16-26-51)71-43-39-61-63-49-74-64(50-73(63)85-69-41-37-55(81(7,8)9)47-65(69)75(71)77(61)85)62-40-44-72(76-66-48-56(82(10,11)12)38-42-70(66)86(74)78(62)76)84(58-32-24-30-54(46-58)80(4,5)6)68-36-22-20-34-60(68)52-27-17-14-18-28-52/h13-50H,1-12H3. The lowest BCUT2D eigenvalue weighted by atomic mass is 9.86. The third-order valence-corrected chi connectivity index (χ3v) is 18.6. The van der Waals surface area contributed by atoms with Crippen LogP contribution < -0.4 is 9.80 Å². The van der Waals surface area contributed by atoms with Crippen LogP contribution in [0.25, 0.3) is 98.4 Å². The summed E-state index contributed by atoms with van der Waals surface area (Å²) in [6.45, 7) is 27.9. The fraction of sp³-hybridized carbons (Fsp3) is 0.195. The summed E-state index contributed by atoms with van der Waals surface area (Å²) in [5.74, 6) is 0. The van der Waals surface area contributed by atoms with Crippen molar-refractivity contribution in [2.75, 3.05) is 9.80 Å². The zero-order valence-corrected chi connectivity index (χ0v) is 51.7. The minimum atomic E-state index is -0.0696. The molecule has 4 aromatic heterocycles. The Morgan fingerprint density at radius 1 is 0.256 bits per heavy atom. The van der Waals surface area contributed by atoms with Gasteiger partial charge in [0.05, 0.1) is 55.8 Å². The average molecular weight is 1120 g/mol. The summed E-state index contributed by atoms with van der Waals surface area (Å²) in [5.41, 5.74) is 23.9. The van der Waals surface area contributed by atoms with Gasteiger partial charge in [-0.3, -0.25) is 0 Å². The fourth-order valence-electron chi connectivity index (χ4n) is 14.0. The molecule has 15 rings (SSSR count). The summed E-state index contributed by atoms with van der Waals surface area (Å²) >= 11 is 0. The van der Waals surface area contributed by atoms with Gasteiger partial charge in [-0.15, -0.1) is 0 Å². The van der Waals surface area contributed by atoms with Crippen molar-refractivity contribution in [1.29, 1.82) is 0 Å². The van der Waals surface area contributed by atoms with Crippen LogP contribution in [0.3, 0.4) is 0 Å². The third-order valence-electron chi connectivity index (χ3n) is 18.6. The van der Waals surface area contributed by atoms with Crippen LogP contribution in [-0.2, 0) is 21.7 Å². The quantitative estimate of drug-likeness (QED) is 0.151. The number of hydrogen-bond acceptors (Lipinski definition) is 2. The predicted molar refractivity (Wildman–Crippen MR) is 371 cm³/mol. The van der Waals surface area contributed by atoms with Crippen molar-refractivity contribution in [1.82, 2.24) is 8.80 Å². The second kappa shape index (κ2) is 19.1. The molecule has 86 heavy (non-hydrogen) atoms. The second-order valence-electron chi connectivity index (χ2n) is 28.3. The maximum absolute atomic E-state index is 2.61. The first-order chi connectivity index (χ1) is 41.2. The fourth-order valence-corrected chi connectivity index (χ4v) is 14.0. The number of aromatic nitrogens is 2. The van der Waals surface area contributed by atoms with Gasteiger partial charge in [-0.05, 0) is 140 Å². The molecule has 0 N–H and O–H groups in total. The van der Waals surface area contributed by atoms with Gasteiger partial charge in [0.15, 0.2) is 0 Å². The number of benzene rings is 11. The summed E-state index contributed by atoms with van der Waals surface area (Å²) < 4.78 is 5.21. The van der Waals surface area contributed by atoms with Gasteiger partial charge in [-0.1, -0.05) is 229 Å². The third kappa shape index (κ3) is 8.31. The number of hydrogen-bond donors (Lipinski definition) is 0. The molecular weight excluding hydrogens is 1040 g/mol. The molecule has 0 aliphatic heterocycles. The van der Waals surface area contributed by atoms with Crippen molar-refractivity contribution < 1.29 is 0 Å². The van der Waals surface area contributed by atoms with E-state index in [9.17, 15) is 0 Å². The number of anilines is 6. The maximum Gasteiger partial charge on any atom is 0.0641 e. The minimum Gasteiger partial charge on any atom is -0.309 e. The van der Waals surface area contributed by atoms with Crippen LogP contribution in [0.1, 0.15) is 105 Å². The molecule has 4 heteroatoms. The van der Waals surface area contributed by atoms with Crippen molar-refractivity contribution in [3.63, 3.8) is 0 Å². The van der Waals surface area contributed by atoms with Crippen LogP contribution in [0.2, 0.25) is 0 Å². The molecular formula is C82H74N4. The Morgan fingerprint density at radius 3 is 1.00 bits per heavy atom. The Balaban J connectivity index is 1.05. The predicted octanol–water partition coefficient (Wildman–Crippen LogP) is 23.5. The molecule has 11 aromatic carbocycles. The van der Waals surface area contributed by atoms with Gasteiger partial charge in [-0.2, -0.15) is 0 Å². The highest BCUT2D eigenvalue weighted by molar-refractivity contribution is 6.32. The average Bonchev–Trinajstić information content (AvgIpc) is 1.52. The molecule has 0 fully saturated rings. The lowest BCUT2D eigenvalue weighted by molar-refractivity contribution is 0.590. The van der Waals surface area contributed by atoms with E-state index in [1.807, 2.05) is 0 Å². The van der Waals surface area contributed by atoms with E-state index in [1.54, 1.807) is 0 Å². The van der Waals surface area contributed by atoms with E-state index in [0.29, 0.717) is 0 Å². The first-order valence-electron chi connectivity index (χ1n) is 30.8. The number of para-hydroxylation sites is 2. The van der Waals surface area contributed by atoms with Crippen LogP contribution in [0.5, 0.6) is 0 Å². The van der Waals surface area contributed by atoms with Crippen molar-refractivity contribution in [3.8, 4) is 22.3 Å². The van der Waals surface area contributed by atoms with E-state index in [-0.39, 0.29) is 21.7 Å². The van der Waals surface area contributed by atoms with Crippen molar-refractivity contribution in [3.05, 3.63) is 253 Å². The molecule has 0 amide bonds. The molecule has 0 radical (unpaired) electrons. The molecule has 0 spiro atoms. The molecule has 0 saturated heterocycles. The highest BCUT2D eigenvalue weighted by Crippen LogP contribution is 2.54. The first-order valence-corrected chi connectivity index (χ1v) is 30.8. The Bertz CT molecular complexity index is 4820. The van der Waals surface area contributed by atoms with Gasteiger partial charge in [0, 0.05) is 65.6 Å². The first kappa shape index (κ1) is 53.4. The van der Waals surface area contributed by atoms with Gasteiger partial charge in [0.1, 0.15) is 0 Å². The molecule has 0 atom stereocenters. The van der Waals surface area contributed by atoms with Crippen molar-refractivity contribution >= 4 is 110 Å². The Hall–Kier alpha value is -9.38. The van der Waals surface area contributed by atoms with Gasteiger partial charge in [-0.25, -0.2) is 0 Å². The number of fused-ring (bicyclic) bond motifs is 12. The summed E-state index contributed by atoms with van der Waals surface area (Å²) in [5, 5.41) is 10.0. The largest absolute Gasteiger partial charge is 0.309 e. The normalized spacial score (nSPS) is 12.9.